The Labute approximate surface area is 71.2 Å². The lowest BCUT2D eigenvalue weighted by atomic mass is 10.1. The fraction of sp³-hybridized carbons (Fsp3) is 1.00. The molecule has 0 aromatic heterocycles. The highest BCUT2D eigenvalue weighted by molar-refractivity contribution is 7.76. The fourth-order valence-corrected chi connectivity index (χ4v) is 1.25. The van der Waals surface area contributed by atoms with Gasteiger partial charge in [0.25, 0.3) is 0 Å². The zero-order valence-corrected chi connectivity index (χ0v) is 8.23. The van der Waals surface area contributed by atoms with Gasteiger partial charge < -0.3 is 0 Å². The molecule has 2 unspecified atom stereocenters. The second-order valence-corrected chi connectivity index (χ2v) is 3.81. The van der Waals surface area contributed by atoms with Crippen molar-refractivity contribution >= 4 is 11.3 Å². The number of hydrogen-bond acceptors (Lipinski definition) is 1. The maximum absolute atomic E-state index is 10.5. The van der Waals surface area contributed by atoms with E-state index in [1.54, 1.807) is 7.05 Å². The summed E-state index contributed by atoms with van der Waals surface area (Å²) in [6.45, 7) is 4.08. The highest BCUT2D eigenvalue weighted by Gasteiger charge is 2.12. The van der Waals surface area contributed by atoms with Gasteiger partial charge in [-0.3, -0.25) is 4.55 Å². The molecule has 0 aromatic carbocycles. The molecule has 0 fully saturated rings. The van der Waals surface area contributed by atoms with Gasteiger partial charge in [-0.15, -0.1) is 0 Å². The van der Waals surface area contributed by atoms with Crippen LogP contribution in [0.5, 0.6) is 0 Å². The van der Waals surface area contributed by atoms with Crippen molar-refractivity contribution in [1.29, 1.82) is 0 Å². The van der Waals surface area contributed by atoms with Crippen molar-refractivity contribution in [2.75, 3.05) is 7.05 Å². The average Bonchev–Trinajstić information content (AvgIpc) is 1.98. The van der Waals surface area contributed by atoms with Crippen molar-refractivity contribution in [2.45, 2.75) is 39.2 Å². The minimum Gasteiger partial charge on any atom is -0.294 e. The summed E-state index contributed by atoms with van der Waals surface area (Å²) in [5, 5.41) is 0. The third kappa shape index (κ3) is 4.50. The maximum Gasteiger partial charge on any atom is 0.234 e. The summed E-state index contributed by atoms with van der Waals surface area (Å²) < 4.78 is 20.7. The summed E-state index contributed by atoms with van der Waals surface area (Å²) in [4.78, 5) is 0. The fourth-order valence-electron chi connectivity index (χ4n) is 0.835. The van der Waals surface area contributed by atoms with Crippen molar-refractivity contribution in [3.8, 4) is 0 Å². The quantitative estimate of drug-likeness (QED) is 0.652. The molecule has 0 aliphatic heterocycles. The minimum absolute atomic E-state index is 0.195. The van der Waals surface area contributed by atoms with Gasteiger partial charge in [-0.1, -0.05) is 19.8 Å². The molecule has 0 bridgehead atoms. The first-order valence-corrected chi connectivity index (χ1v) is 4.99. The van der Waals surface area contributed by atoms with Gasteiger partial charge in [0.1, 0.15) is 0 Å². The predicted molar refractivity (Wildman–Crippen MR) is 47.5 cm³/mol. The average molecular weight is 179 g/mol. The molecule has 2 atom stereocenters. The van der Waals surface area contributed by atoms with E-state index in [4.69, 9.17) is 4.55 Å². The number of hydrogen-bond donors (Lipinski definition) is 1. The summed E-state index contributed by atoms with van der Waals surface area (Å²) >= 11 is -1.81. The molecule has 3 nitrogen and oxygen atoms in total. The van der Waals surface area contributed by atoms with Crippen LogP contribution in [0.4, 0.5) is 0 Å². The molecule has 0 aliphatic rings. The lowest BCUT2D eigenvalue weighted by Gasteiger charge is -2.19. The summed E-state index contributed by atoms with van der Waals surface area (Å²) in [7, 11) is 1.66. The zero-order valence-electron chi connectivity index (χ0n) is 7.41. The molecule has 68 valence electrons. The molecule has 0 saturated carbocycles. The monoisotopic (exact) mass is 179 g/mol. The van der Waals surface area contributed by atoms with Gasteiger partial charge >= 0.3 is 0 Å². The molecule has 0 aliphatic carbocycles. The largest absolute Gasteiger partial charge is 0.294 e. The first kappa shape index (κ1) is 11.1. The first-order valence-electron chi connectivity index (χ1n) is 3.93. The highest BCUT2D eigenvalue weighted by Crippen LogP contribution is 2.06. The van der Waals surface area contributed by atoms with Crippen LogP contribution in [0.3, 0.4) is 0 Å². The molecule has 1 N–H and O–H groups in total. The summed E-state index contributed by atoms with van der Waals surface area (Å²) in [6.07, 6.45) is 3.23. The molecule has 0 aromatic rings. The molecule has 0 spiro atoms. The van der Waals surface area contributed by atoms with Crippen LogP contribution in [0.2, 0.25) is 0 Å². The SMILES string of the molecule is CCCCC(C)N(C)S(=O)O. The van der Waals surface area contributed by atoms with E-state index < -0.39 is 11.3 Å². The highest BCUT2D eigenvalue weighted by atomic mass is 32.2. The van der Waals surface area contributed by atoms with E-state index in [1.807, 2.05) is 6.92 Å². The van der Waals surface area contributed by atoms with Crippen LogP contribution in [0.1, 0.15) is 33.1 Å². The second-order valence-electron chi connectivity index (χ2n) is 2.77. The second kappa shape index (κ2) is 5.69. The number of unbranched alkanes of at least 4 members (excludes halogenated alkanes) is 1. The Morgan fingerprint density at radius 1 is 1.64 bits per heavy atom. The van der Waals surface area contributed by atoms with Gasteiger partial charge in [-0.2, -0.15) is 0 Å². The van der Waals surface area contributed by atoms with Crippen LogP contribution in [0, 0.1) is 0 Å². The molecular weight excluding hydrogens is 162 g/mol. The van der Waals surface area contributed by atoms with Crippen molar-refractivity contribution in [3.05, 3.63) is 0 Å². The van der Waals surface area contributed by atoms with Crippen LogP contribution in [0.15, 0.2) is 0 Å². The number of nitrogens with zero attached hydrogens (tertiary/aromatic N) is 1. The van der Waals surface area contributed by atoms with Crippen molar-refractivity contribution < 1.29 is 8.76 Å². The van der Waals surface area contributed by atoms with Gasteiger partial charge in [0, 0.05) is 13.1 Å². The first-order chi connectivity index (χ1) is 5.09. The minimum atomic E-state index is -1.81. The van der Waals surface area contributed by atoms with E-state index in [0.717, 1.165) is 19.3 Å². The molecule has 0 rings (SSSR count). The van der Waals surface area contributed by atoms with Gasteiger partial charge in [0.05, 0.1) is 0 Å². The lowest BCUT2D eigenvalue weighted by Crippen LogP contribution is -2.30. The summed E-state index contributed by atoms with van der Waals surface area (Å²) in [5.74, 6) is 0. The standard InChI is InChI=1S/C7H17NO2S/c1-4-5-6-7(2)8(3)11(9)10/h7H,4-6H2,1-3H3,(H,9,10). The van der Waals surface area contributed by atoms with E-state index in [-0.39, 0.29) is 6.04 Å². The van der Waals surface area contributed by atoms with Gasteiger partial charge in [-0.25, -0.2) is 8.51 Å². The van der Waals surface area contributed by atoms with Crippen molar-refractivity contribution in [3.63, 3.8) is 0 Å². The van der Waals surface area contributed by atoms with Crippen molar-refractivity contribution in [1.82, 2.24) is 4.31 Å². The zero-order chi connectivity index (χ0) is 8.85. The molecule has 4 heteroatoms. The van der Waals surface area contributed by atoms with Gasteiger partial charge in [-0.05, 0) is 13.3 Å². The number of rotatable bonds is 5. The van der Waals surface area contributed by atoms with E-state index in [9.17, 15) is 4.21 Å². The summed E-state index contributed by atoms with van der Waals surface area (Å²) in [5.41, 5.74) is 0. The molecule has 0 radical (unpaired) electrons. The van der Waals surface area contributed by atoms with Crippen LogP contribution >= 0.6 is 0 Å². The smallest absolute Gasteiger partial charge is 0.234 e. The Bertz CT molecular complexity index is 130. The molecule has 0 saturated heterocycles. The third-order valence-corrected chi connectivity index (χ3v) is 2.70. The normalized spacial score (nSPS) is 16.8. The Balaban J connectivity index is 3.63. The molecule has 0 amide bonds. The topological polar surface area (TPSA) is 40.5 Å². The van der Waals surface area contributed by atoms with Crippen LogP contribution in [-0.2, 0) is 11.3 Å². The Morgan fingerprint density at radius 3 is 2.55 bits per heavy atom. The Morgan fingerprint density at radius 2 is 2.18 bits per heavy atom. The lowest BCUT2D eigenvalue weighted by molar-refractivity contribution is 0.354. The predicted octanol–water partition coefficient (Wildman–Crippen LogP) is 1.63. The van der Waals surface area contributed by atoms with Crippen LogP contribution < -0.4 is 0 Å². The van der Waals surface area contributed by atoms with E-state index >= 15 is 0 Å². The molecule has 11 heavy (non-hydrogen) atoms. The van der Waals surface area contributed by atoms with Crippen LogP contribution in [0.25, 0.3) is 0 Å². The van der Waals surface area contributed by atoms with Crippen LogP contribution in [-0.4, -0.2) is 26.2 Å². The maximum atomic E-state index is 10.5. The molecule has 0 heterocycles. The summed E-state index contributed by atoms with van der Waals surface area (Å²) in [6, 6.07) is 0.195. The Hall–Kier alpha value is 0.0700. The van der Waals surface area contributed by atoms with Crippen molar-refractivity contribution in [2.24, 2.45) is 0 Å². The van der Waals surface area contributed by atoms with Gasteiger partial charge in [0.15, 0.2) is 0 Å². The van der Waals surface area contributed by atoms with E-state index in [2.05, 4.69) is 6.92 Å². The van der Waals surface area contributed by atoms with E-state index in [1.165, 1.54) is 4.31 Å². The third-order valence-electron chi connectivity index (χ3n) is 1.84. The Kier molecular flexibility index (Phi) is 5.72. The van der Waals surface area contributed by atoms with E-state index in [0.29, 0.717) is 0 Å². The molecular formula is C7H17NO2S. The van der Waals surface area contributed by atoms with Gasteiger partial charge in [0.2, 0.25) is 11.3 Å².